The number of primary sulfonamides is 1. The SMILES string of the molecule is NS(=O)(=O)c1cc2c(s1)S(=O)(=O)C1CCN2C1. The zero-order valence-corrected chi connectivity index (χ0v) is 11.1. The van der Waals surface area contributed by atoms with Crippen LogP contribution in [0.2, 0.25) is 0 Å². The molecule has 6 nitrogen and oxygen atoms in total. The molecule has 3 rings (SSSR count). The molecule has 0 aliphatic carbocycles. The smallest absolute Gasteiger partial charge is 0.247 e. The summed E-state index contributed by atoms with van der Waals surface area (Å²) in [5.74, 6) is 0. The van der Waals surface area contributed by atoms with E-state index in [0.717, 1.165) is 11.3 Å². The number of sulfone groups is 1. The minimum atomic E-state index is -3.84. The summed E-state index contributed by atoms with van der Waals surface area (Å²) in [5, 5.41) is 4.62. The van der Waals surface area contributed by atoms with Crippen molar-refractivity contribution < 1.29 is 16.8 Å². The summed E-state index contributed by atoms with van der Waals surface area (Å²) in [6.07, 6.45) is 0.606. The molecular weight excluding hydrogens is 284 g/mol. The topological polar surface area (TPSA) is 97.5 Å². The van der Waals surface area contributed by atoms with E-state index in [2.05, 4.69) is 0 Å². The molecule has 1 aromatic rings. The summed E-state index contributed by atoms with van der Waals surface area (Å²) in [6, 6.07) is 1.37. The molecule has 0 radical (unpaired) electrons. The fourth-order valence-electron chi connectivity index (χ4n) is 2.26. The Kier molecular flexibility index (Phi) is 2.17. The normalized spacial score (nSPS) is 25.9. The highest BCUT2D eigenvalue weighted by Crippen LogP contribution is 2.45. The Morgan fingerprint density at radius 3 is 2.82 bits per heavy atom. The van der Waals surface area contributed by atoms with Crippen LogP contribution in [0.3, 0.4) is 0 Å². The molecule has 2 aliphatic rings. The third kappa shape index (κ3) is 1.53. The van der Waals surface area contributed by atoms with Crippen LogP contribution in [-0.2, 0) is 19.9 Å². The first-order chi connectivity index (χ1) is 7.80. The third-order valence-corrected chi connectivity index (χ3v) is 8.39. The summed E-state index contributed by atoms with van der Waals surface area (Å²) < 4.78 is 46.9. The molecule has 0 saturated carbocycles. The maximum Gasteiger partial charge on any atom is 0.247 e. The number of nitrogens with zero attached hydrogens (tertiary/aromatic N) is 1. The van der Waals surface area contributed by atoms with Gasteiger partial charge in [-0.15, -0.1) is 11.3 Å². The van der Waals surface area contributed by atoms with Crippen molar-refractivity contribution in [1.29, 1.82) is 0 Å². The lowest BCUT2D eigenvalue weighted by Gasteiger charge is -2.23. The summed E-state index contributed by atoms with van der Waals surface area (Å²) in [7, 11) is -7.21. The molecular formula is C8H10N2O4S3. The number of thiophene rings is 1. The number of fused-ring (bicyclic) bond motifs is 4. The van der Waals surface area contributed by atoms with Crippen LogP contribution in [0.15, 0.2) is 14.5 Å². The van der Waals surface area contributed by atoms with Crippen LogP contribution in [0.1, 0.15) is 6.42 Å². The molecule has 0 amide bonds. The summed E-state index contributed by atoms with van der Waals surface area (Å²) >= 11 is 0.754. The van der Waals surface area contributed by atoms with Crippen molar-refractivity contribution in [3.63, 3.8) is 0 Å². The maximum atomic E-state index is 12.2. The van der Waals surface area contributed by atoms with Gasteiger partial charge in [0.2, 0.25) is 10.0 Å². The quantitative estimate of drug-likeness (QED) is 0.771. The van der Waals surface area contributed by atoms with E-state index in [1.807, 2.05) is 4.90 Å². The molecule has 2 aliphatic heterocycles. The minimum absolute atomic E-state index is 0.0846. The van der Waals surface area contributed by atoms with E-state index in [4.69, 9.17) is 5.14 Å². The van der Waals surface area contributed by atoms with Gasteiger partial charge in [0.05, 0.1) is 10.9 Å². The first-order valence-corrected chi connectivity index (χ1v) is 8.86. The van der Waals surface area contributed by atoms with Gasteiger partial charge in [-0.3, -0.25) is 0 Å². The molecule has 17 heavy (non-hydrogen) atoms. The Bertz CT molecular complexity index is 688. The van der Waals surface area contributed by atoms with Crippen molar-refractivity contribution >= 4 is 36.9 Å². The molecule has 0 spiro atoms. The molecule has 2 bridgehead atoms. The van der Waals surface area contributed by atoms with Gasteiger partial charge in [0, 0.05) is 13.1 Å². The van der Waals surface area contributed by atoms with Gasteiger partial charge >= 0.3 is 0 Å². The van der Waals surface area contributed by atoms with Gasteiger partial charge in [-0.2, -0.15) is 0 Å². The third-order valence-electron chi connectivity index (χ3n) is 3.12. The Morgan fingerprint density at radius 2 is 2.18 bits per heavy atom. The second kappa shape index (κ2) is 3.22. The lowest BCUT2D eigenvalue weighted by molar-refractivity contribution is 0.583. The van der Waals surface area contributed by atoms with Crippen molar-refractivity contribution in [2.45, 2.75) is 20.1 Å². The highest BCUT2D eigenvalue weighted by molar-refractivity contribution is 7.95. The number of anilines is 1. The molecule has 1 aromatic heterocycles. The summed E-state index contributed by atoms with van der Waals surface area (Å²) in [6.45, 7) is 1.10. The molecule has 94 valence electrons. The summed E-state index contributed by atoms with van der Waals surface area (Å²) in [4.78, 5) is 1.91. The van der Waals surface area contributed by atoms with Gasteiger partial charge < -0.3 is 4.90 Å². The second-order valence-corrected chi connectivity index (χ2v) is 9.45. The van der Waals surface area contributed by atoms with Crippen molar-refractivity contribution in [2.24, 2.45) is 5.14 Å². The molecule has 2 N–H and O–H groups in total. The Balaban J connectivity index is 2.28. The van der Waals surface area contributed by atoms with Crippen LogP contribution in [0.4, 0.5) is 5.69 Å². The van der Waals surface area contributed by atoms with Crippen LogP contribution >= 0.6 is 11.3 Å². The molecule has 1 fully saturated rings. The standard InChI is InChI=1S/C8H10N2O4S3/c9-17(13,14)7-3-6-8(15-7)16(11,12)5-1-2-10(6)4-5/h3,5H,1-2,4H2,(H2,9,13,14). The number of nitrogens with two attached hydrogens (primary N) is 1. The fourth-order valence-corrected chi connectivity index (χ4v) is 6.77. The molecule has 1 atom stereocenters. The van der Waals surface area contributed by atoms with Crippen molar-refractivity contribution in [3.05, 3.63) is 6.07 Å². The Morgan fingerprint density at radius 1 is 1.47 bits per heavy atom. The Labute approximate surface area is 103 Å². The number of sulfonamides is 1. The molecule has 9 heteroatoms. The molecule has 0 aromatic carbocycles. The van der Waals surface area contributed by atoms with Crippen LogP contribution < -0.4 is 10.0 Å². The predicted octanol–water partition coefficient (Wildman–Crippen LogP) is -0.238. The second-order valence-electron chi connectivity index (χ2n) is 4.18. The first-order valence-electron chi connectivity index (χ1n) is 4.95. The van der Waals surface area contributed by atoms with Crippen molar-refractivity contribution in [1.82, 2.24) is 0 Å². The van der Waals surface area contributed by atoms with E-state index in [-0.39, 0.29) is 8.42 Å². The van der Waals surface area contributed by atoms with E-state index < -0.39 is 25.1 Å². The monoisotopic (exact) mass is 294 g/mol. The first kappa shape index (κ1) is 11.5. The largest absolute Gasteiger partial charge is 0.368 e. The Hall–Kier alpha value is -0.640. The lowest BCUT2D eigenvalue weighted by Crippen LogP contribution is -2.32. The predicted molar refractivity (Wildman–Crippen MR) is 63.5 cm³/mol. The average Bonchev–Trinajstić information content (AvgIpc) is 2.81. The molecule has 1 saturated heterocycles. The van der Waals surface area contributed by atoms with Gasteiger partial charge in [-0.1, -0.05) is 0 Å². The van der Waals surface area contributed by atoms with Crippen molar-refractivity contribution in [2.75, 3.05) is 18.0 Å². The van der Waals surface area contributed by atoms with Gasteiger partial charge in [0.25, 0.3) is 0 Å². The van der Waals surface area contributed by atoms with Crippen LogP contribution in [-0.4, -0.2) is 35.2 Å². The number of hydrogen-bond acceptors (Lipinski definition) is 6. The van der Waals surface area contributed by atoms with Gasteiger partial charge in [-0.05, 0) is 12.5 Å². The highest BCUT2D eigenvalue weighted by atomic mass is 32.3. The zero-order valence-electron chi connectivity index (χ0n) is 8.66. The van der Waals surface area contributed by atoms with Gasteiger partial charge in [0.15, 0.2) is 9.84 Å². The van der Waals surface area contributed by atoms with Crippen LogP contribution in [0.5, 0.6) is 0 Å². The highest BCUT2D eigenvalue weighted by Gasteiger charge is 2.44. The van der Waals surface area contributed by atoms with Gasteiger partial charge in [0.1, 0.15) is 8.42 Å². The average molecular weight is 294 g/mol. The van der Waals surface area contributed by atoms with E-state index in [1.165, 1.54) is 6.07 Å². The maximum absolute atomic E-state index is 12.2. The van der Waals surface area contributed by atoms with Gasteiger partial charge in [-0.25, -0.2) is 22.0 Å². The van der Waals surface area contributed by atoms with Crippen molar-refractivity contribution in [3.8, 4) is 0 Å². The van der Waals surface area contributed by atoms with Crippen LogP contribution in [0, 0.1) is 0 Å². The van der Waals surface area contributed by atoms with Crippen LogP contribution in [0.25, 0.3) is 0 Å². The summed E-state index contributed by atoms with van der Waals surface area (Å²) in [5.41, 5.74) is 0.493. The minimum Gasteiger partial charge on any atom is -0.368 e. The van der Waals surface area contributed by atoms with E-state index in [0.29, 0.717) is 25.2 Å². The number of hydrogen-bond donors (Lipinski definition) is 1. The number of rotatable bonds is 1. The van der Waals surface area contributed by atoms with E-state index in [9.17, 15) is 16.8 Å². The lowest BCUT2D eigenvalue weighted by atomic mass is 10.4. The fraction of sp³-hybridized carbons (Fsp3) is 0.500. The van der Waals surface area contributed by atoms with E-state index >= 15 is 0 Å². The molecule has 3 heterocycles. The zero-order chi connectivity index (χ0) is 12.4. The van der Waals surface area contributed by atoms with E-state index in [1.54, 1.807) is 0 Å². The molecule has 1 unspecified atom stereocenters.